The summed E-state index contributed by atoms with van der Waals surface area (Å²) in [5, 5.41) is 31.1. The fourth-order valence-corrected chi connectivity index (χ4v) is 2.19. The number of rotatable bonds is 6. The summed E-state index contributed by atoms with van der Waals surface area (Å²) in [6.45, 7) is 3.32. The van der Waals surface area contributed by atoms with E-state index < -0.39 is 5.41 Å². The molecule has 16 heavy (non-hydrogen) atoms. The van der Waals surface area contributed by atoms with Gasteiger partial charge in [0.15, 0.2) is 0 Å². The third-order valence-electron chi connectivity index (χ3n) is 3.50. The van der Waals surface area contributed by atoms with Crippen molar-refractivity contribution in [2.24, 2.45) is 11.3 Å². The topological polar surface area (TPSA) is 72.7 Å². The maximum absolute atomic E-state index is 9.52. The third-order valence-corrected chi connectivity index (χ3v) is 3.50. The second kappa shape index (κ2) is 6.55. The highest BCUT2D eigenvalue weighted by Gasteiger charge is 2.24. The normalized spacial score (nSPS) is 27.0. The number of nitrogens with one attached hydrogen (secondary N) is 1. The van der Waals surface area contributed by atoms with Crippen LogP contribution in [-0.2, 0) is 0 Å². The van der Waals surface area contributed by atoms with Crippen molar-refractivity contribution in [3.05, 3.63) is 0 Å². The average Bonchev–Trinajstić information content (AvgIpc) is 2.29. The van der Waals surface area contributed by atoms with Gasteiger partial charge in [-0.25, -0.2) is 0 Å². The minimum atomic E-state index is -0.437. The zero-order valence-corrected chi connectivity index (χ0v) is 10.2. The van der Waals surface area contributed by atoms with E-state index in [0.29, 0.717) is 12.5 Å². The summed E-state index contributed by atoms with van der Waals surface area (Å²) in [7, 11) is 0. The molecule has 1 rings (SSSR count). The molecule has 0 aromatic rings. The monoisotopic (exact) mass is 231 g/mol. The molecule has 2 atom stereocenters. The molecule has 1 saturated carbocycles. The molecular weight excluding hydrogens is 206 g/mol. The highest BCUT2D eigenvalue weighted by Crippen LogP contribution is 2.23. The van der Waals surface area contributed by atoms with Crippen molar-refractivity contribution in [3.63, 3.8) is 0 Å². The highest BCUT2D eigenvalue weighted by atomic mass is 16.3. The van der Waals surface area contributed by atoms with E-state index in [1.165, 1.54) is 6.42 Å². The summed E-state index contributed by atoms with van der Waals surface area (Å²) in [5.41, 5.74) is -0.437. The lowest BCUT2D eigenvalue weighted by Gasteiger charge is -2.29. The van der Waals surface area contributed by atoms with E-state index in [0.717, 1.165) is 25.8 Å². The van der Waals surface area contributed by atoms with E-state index in [-0.39, 0.29) is 19.3 Å². The van der Waals surface area contributed by atoms with E-state index in [4.69, 9.17) is 10.2 Å². The van der Waals surface area contributed by atoms with Gasteiger partial charge in [-0.05, 0) is 31.7 Å². The zero-order valence-electron chi connectivity index (χ0n) is 10.2. The van der Waals surface area contributed by atoms with Gasteiger partial charge in [-0.3, -0.25) is 0 Å². The maximum atomic E-state index is 9.52. The van der Waals surface area contributed by atoms with Crippen LogP contribution >= 0.6 is 0 Å². The van der Waals surface area contributed by atoms with Crippen molar-refractivity contribution in [1.29, 1.82) is 0 Å². The molecule has 96 valence electrons. The lowest BCUT2D eigenvalue weighted by Crippen LogP contribution is -2.40. The van der Waals surface area contributed by atoms with Crippen molar-refractivity contribution in [1.82, 2.24) is 5.32 Å². The van der Waals surface area contributed by atoms with E-state index >= 15 is 0 Å². The van der Waals surface area contributed by atoms with Gasteiger partial charge in [0.25, 0.3) is 0 Å². The first-order valence-corrected chi connectivity index (χ1v) is 6.20. The first-order chi connectivity index (χ1) is 7.59. The first-order valence-electron chi connectivity index (χ1n) is 6.20. The Bertz CT molecular complexity index is 195. The van der Waals surface area contributed by atoms with Crippen LogP contribution in [0.1, 0.15) is 32.6 Å². The third kappa shape index (κ3) is 4.37. The minimum absolute atomic E-state index is 0.0101. The Labute approximate surface area is 97.7 Å². The van der Waals surface area contributed by atoms with Crippen LogP contribution < -0.4 is 5.32 Å². The molecule has 0 aromatic carbocycles. The van der Waals surface area contributed by atoms with E-state index in [9.17, 15) is 5.11 Å². The molecule has 0 amide bonds. The first kappa shape index (κ1) is 13.9. The molecule has 0 heterocycles. The molecule has 0 saturated heterocycles. The van der Waals surface area contributed by atoms with Crippen molar-refractivity contribution in [2.45, 2.75) is 38.7 Å². The van der Waals surface area contributed by atoms with Crippen molar-refractivity contribution in [3.8, 4) is 0 Å². The summed E-state index contributed by atoms with van der Waals surface area (Å²) < 4.78 is 0. The Morgan fingerprint density at radius 3 is 2.50 bits per heavy atom. The molecule has 1 aliphatic rings. The van der Waals surface area contributed by atoms with Crippen LogP contribution in [0.2, 0.25) is 0 Å². The molecule has 0 aromatic heterocycles. The Kier molecular flexibility index (Phi) is 5.69. The summed E-state index contributed by atoms with van der Waals surface area (Å²) in [6, 6.07) is 0. The van der Waals surface area contributed by atoms with Crippen molar-refractivity contribution < 1.29 is 15.3 Å². The number of hydrogen-bond donors (Lipinski definition) is 4. The van der Waals surface area contributed by atoms with Crippen molar-refractivity contribution in [2.75, 3.05) is 26.3 Å². The lowest BCUT2D eigenvalue weighted by molar-refractivity contribution is 0.0648. The van der Waals surface area contributed by atoms with Gasteiger partial charge >= 0.3 is 0 Å². The summed E-state index contributed by atoms with van der Waals surface area (Å²) in [6.07, 6.45) is 3.94. The van der Waals surface area contributed by atoms with E-state index in [1.54, 1.807) is 0 Å². The van der Waals surface area contributed by atoms with Crippen LogP contribution in [0, 0.1) is 11.3 Å². The molecule has 0 bridgehead atoms. The van der Waals surface area contributed by atoms with Crippen molar-refractivity contribution >= 4 is 0 Å². The smallest absolute Gasteiger partial charge is 0.0543 e. The largest absolute Gasteiger partial charge is 0.396 e. The van der Waals surface area contributed by atoms with E-state index in [2.05, 4.69) is 5.32 Å². The fraction of sp³-hybridized carbons (Fsp3) is 1.00. The quantitative estimate of drug-likeness (QED) is 0.524. The number of aliphatic hydroxyl groups is 3. The van der Waals surface area contributed by atoms with Gasteiger partial charge in [0.05, 0.1) is 19.3 Å². The van der Waals surface area contributed by atoms with Gasteiger partial charge in [-0.15, -0.1) is 0 Å². The van der Waals surface area contributed by atoms with Gasteiger partial charge < -0.3 is 20.6 Å². The predicted octanol–water partition coefficient (Wildman–Crippen LogP) is 0.118. The molecule has 0 spiro atoms. The van der Waals surface area contributed by atoms with Crippen LogP contribution in [-0.4, -0.2) is 47.7 Å². The second-order valence-corrected chi connectivity index (χ2v) is 5.44. The minimum Gasteiger partial charge on any atom is -0.396 e. The molecule has 0 aliphatic heterocycles. The van der Waals surface area contributed by atoms with Gasteiger partial charge in [0.2, 0.25) is 0 Å². The van der Waals surface area contributed by atoms with Gasteiger partial charge in [-0.2, -0.15) is 0 Å². The van der Waals surface area contributed by atoms with Crippen LogP contribution in [0.4, 0.5) is 0 Å². The molecule has 4 nitrogen and oxygen atoms in total. The van der Waals surface area contributed by atoms with Crippen LogP contribution in [0.25, 0.3) is 0 Å². The molecule has 2 unspecified atom stereocenters. The Morgan fingerprint density at radius 2 is 1.94 bits per heavy atom. The average molecular weight is 231 g/mol. The maximum Gasteiger partial charge on any atom is 0.0543 e. The highest BCUT2D eigenvalue weighted by molar-refractivity contribution is 4.78. The Hall–Kier alpha value is -0.160. The summed E-state index contributed by atoms with van der Waals surface area (Å²) in [4.78, 5) is 0. The lowest BCUT2D eigenvalue weighted by atomic mass is 9.86. The molecular formula is C12H25NO3. The van der Waals surface area contributed by atoms with Gasteiger partial charge in [0, 0.05) is 12.0 Å². The van der Waals surface area contributed by atoms with Crippen LogP contribution in [0.5, 0.6) is 0 Å². The molecule has 1 fully saturated rings. The Balaban J connectivity index is 2.19. The zero-order chi connectivity index (χ0) is 12.0. The van der Waals surface area contributed by atoms with Crippen LogP contribution in [0.3, 0.4) is 0 Å². The number of aliphatic hydroxyl groups excluding tert-OH is 3. The molecule has 4 heteroatoms. The summed E-state index contributed by atoms with van der Waals surface area (Å²) >= 11 is 0. The summed E-state index contributed by atoms with van der Waals surface area (Å²) in [5.74, 6) is 0.533. The second-order valence-electron chi connectivity index (χ2n) is 5.44. The standard InChI is InChI=1S/C12H25NO3/c1-12(8-14,9-15)7-13-6-10-3-2-4-11(16)5-10/h10-11,13-16H,2-9H2,1H3. The molecule has 0 radical (unpaired) electrons. The number of hydrogen-bond acceptors (Lipinski definition) is 4. The predicted molar refractivity (Wildman–Crippen MR) is 63.1 cm³/mol. The SMILES string of the molecule is CC(CO)(CO)CNCC1CCCC(O)C1. The van der Waals surface area contributed by atoms with Gasteiger partial charge in [-0.1, -0.05) is 13.3 Å². The Morgan fingerprint density at radius 1 is 1.25 bits per heavy atom. The molecule has 1 aliphatic carbocycles. The fourth-order valence-electron chi connectivity index (χ4n) is 2.19. The van der Waals surface area contributed by atoms with E-state index in [1.807, 2.05) is 6.92 Å². The van der Waals surface area contributed by atoms with Crippen LogP contribution in [0.15, 0.2) is 0 Å². The van der Waals surface area contributed by atoms with Gasteiger partial charge in [0.1, 0.15) is 0 Å². The molecule has 4 N–H and O–H groups in total.